The van der Waals surface area contributed by atoms with E-state index >= 15 is 0 Å². The molecule has 0 aliphatic heterocycles. The van der Waals surface area contributed by atoms with Gasteiger partial charge in [-0.1, -0.05) is 30.7 Å². The maximum Gasteiger partial charge on any atom is 0.311 e. The van der Waals surface area contributed by atoms with Crippen molar-refractivity contribution >= 4 is 44.0 Å². The zero-order valence-electron chi connectivity index (χ0n) is 9.28. The minimum Gasteiger partial charge on any atom is -0.453 e. The normalized spacial score (nSPS) is 11.9. The van der Waals surface area contributed by atoms with E-state index in [4.69, 9.17) is 16.3 Å². The van der Waals surface area contributed by atoms with Gasteiger partial charge in [-0.15, -0.1) is 0 Å². The lowest BCUT2D eigenvalue weighted by Crippen LogP contribution is -2.23. The van der Waals surface area contributed by atoms with Crippen LogP contribution in [0.2, 0.25) is 5.02 Å². The van der Waals surface area contributed by atoms with E-state index in [9.17, 15) is 9.59 Å². The Balaban J connectivity index is 2.54. The quantitative estimate of drug-likeness (QED) is 0.457. The summed E-state index contributed by atoms with van der Waals surface area (Å²) in [5.74, 6) is -0.399. The van der Waals surface area contributed by atoms with Crippen molar-refractivity contribution < 1.29 is 14.3 Å². The van der Waals surface area contributed by atoms with Crippen LogP contribution in [0.3, 0.4) is 0 Å². The van der Waals surface area contributed by atoms with Gasteiger partial charge in [0, 0.05) is 27.6 Å². The zero-order valence-corrected chi connectivity index (χ0v) is 12.2. The molecule has 0 aromatic heterocycles. The van der Waals surface area contributed by atoms with Gasteiger partial charge in [-0.25, -0.2) is 0 Å². The lowest BCUT2D eigenvalue weighted by atomic mass is 10.1. The van der Waals surface area contributed by atoms with Crippen LogP contribution in [0.1, 0.15) is 18.9 Å². The Labute approximate surface area is 119 Å². The van der Waals surface area contributed by atoms with Crippen molar-refractivity contribution in [3.63, 3.8) is 0 Å². The largest absolute Gasteiger partial charge is 0.453 e. The highest BCUT2D eigenvalue weighted by Crippen LogP contribution is 2.12. The Kier molecular flexibility index (Phi) is 5.91. The average molecular weight is 367 g/mol. The molecule has 0 heterocycles. The van der Waals surface area contributed by atoms with Crippen molar-refractivity contribution in [3.8, 4) is 0 Å². The number of rotatable bonds is 5. The summed E-state index contributed by atoms with van der Waals surface area (Å²) >= 11 is 7.37. The smallest absolute Gasteiger partial charge is 0.311 e. The molecular formula is C12H12ClIO3. The molecule has 0 N–H and O–H groups in total. The van der Waals surface area contributed by atoms with Crippen LogP contribution in [0.5, 0.6) is 0 Å². The van der Waals surface area contributed by atoms with Crippen LogP contribution in [0, 0.1) is 0 Å². The molecule has 17 heavy (non-hydrogen) atoms. The van der Waals surface area contributed by atoms with Crippen molar-refractivity contribution in [1.29, 1.82) is 0 Å². The maximum absolute atomic E-state index is 11.6. The molecule has 1 aromatic rings. The second kappa shape index (κ2) is 6.96. The van der Waals surface area contributed by atoms with Crippen LogP contribution >= 0.6 is 34.2 Å². The van der Waals surface area contributed by atoms with Gasteiger partial charge in [-0.05, 0) is 24.1 Å². The zero-order chi connectivity index (χ0) is 12.8. The molecule has 1 unspecified atom stereocenters. The summed E-state index contributed by atoms with van der Waals surface area (Å²) in [5, 5.41) is 0.621. The third-order valence-electron chi connectivity index (χ3n) is 2.16. The monoisotopic (exact) mass is 366 g/mol. The number of carbonyl (C=O) groups is 2. The molecule has 92 valence electrons. The van der Waals surface area contributed by atoms with Crippen molar-refractivity contribution in [2.45, 2.75) is 25.9 Å². The third kappa shape index (κ3) is 5.04. The molecule has 0 fully saturated rings. The number of carbonyl (C=O) groups excluding carboxylic acids is 2. The highest BCUT2D eigenvalue weighted by atomic mass is 127. The number of esters is 1. The van der Waals surface area contributed by atoms with Crippen molar-refractivity contribution in [2.75, 3.05) is 0 Å². The molecule has 0 radical (unpaired) electrons. The standard InChI is InChI=1S/C12H12ClIO3/c1-2-10(12(14)16)17-11(15)7-8-3-5-9(13)6-4-8/h3-6,10H,2,7H2,1H3. The fourth-order valence-corrected chi connectivity index (χ4v) is 1.95. The molecular weight excluding hydrogens is 354 g/mol. The third-order valence-corrected chi connectivity index (χ3v) is 3.11. The first-order valence-corrected chi connectivity index (χ1v) is 6.62. The van der Waals surface area contributed by atoms with Gasteiger partial charge in [-0.3, -0.25) is 9.59 Å². The number of hydrogen-bond acceptors (Lipinski definition) is 3. The average Bonchev–Trinajstić information content (AvgIpc) is 2.28. The first-order chi connectivity index (χ1) is 8.02. The van der Waals surface area contributed by atoms with Gasteiger partial charge >= 0.3 is 5.97 Å². The number of ether oxygens (including phenoxy) is 1. The molecule has 0 saturated heterocycles. The molecule has 0 spiro atoms. The Bertz CT molecular complexity index is 403. The first-order valence-electron chi connectivity index (χ1n) is 5.16. The summed E-state index contributed by atoms with van der Waals surface area (Å²) in [6.45, 7) is 1.80. The summed E-state index contributed by atoms with van der Waals surface area (Å²) in [6.07, 6.45) is 0.00142. The second-order valence-corrected chi connectivity index (χ2v) is 4.99. The topological polar surface area (TPSA) is 43.4 Å². The number of hydrogen-bond donors (Lipinski definition) is 0. The number of benzene rings is 1. The maximum atomic E-state index is 11.6. The van der Waals surface area contributed by atoms with Crippen LogP contribution in [-0.2, 0) is 20.7 Å². The summed E-state index contributed by atoms with van der Waals surface area (Å²) < 4.78 is 4.91. The second-order valence-electron chi connectivity index (χ2n) is 3.49. The van der Waals surface area contributed by atoms with Crippen LogP contribution in [-0.4, -0.2) is 15.9 Å². The Hall–Kier alpha value is -0.620. The van der Waals surface area contributed by atoms with E-state index in [-0.39, 0.29) is 10.2 Å². The lowest BCUT2D eigenvalue weighted by Gasteiger charge is -2.11. The van der Waals surface area contributed by atoms with Crippen molar-refractivity contribution in [3.05, 3.63) is 34.9 Å². The van der Waals surface area contributed by atoms with Crippen LogP contribution in [0.4, 0.5) is 0 Å². The van der Waals surface area contributed by atoms with Gasteiger partial charge in [0.15, 0.2) is 6.10 Å². The van der Waals surface area contributed by atoms with Crippen LogP contribution in [0.15, 0.2) is 24.3 Å². The van der Waals surface area contributed by atoms with E-state index in [1.807, 2.05) is 0 Å². The van der Waals surface area contributed by atoms with Gasteiger partial charge in [0.2, 0.25) is 3.79 Å². The highest BCUT2D eigenvalue weighted by molar-refractivity contribution is 14.1. The van der Waals surface area contributed by atoms with E-state index in [1.165, 1.54) is 0 Å². The highest BCUT2D eigenvalue weighted by Gasteiger charge is 2.18. The Morgan fingerprint density at radius 3 is 2.41 bits per heavy atom. The van der Waals surface area contributed by atoms with E-state index in [0.717, 1.165) is 5.56 Å². The minimum absolute atomic E-state index is 0.150. The molecule has 1 rings (SSSR count). The van der Waals surface area contributed by atoms with Gasteiger partial charge in [0.1, 0.15) is 0 Å². The van der Waals surface area contributed by atoms with E-state index in [0.29, 0.717) is 11.4 Å². The predicted molar refractivity (Wildman–Crippen MR) is 74.4 cm³/mol. The van der Waals surface area contributed by atoms with E-state index in [2.05, 4.69) is 0 Å². The molecule has 0 aliphatic carbocycles. The molecule has 0 saturated carbocycles. The molecule has 0 aliphatic rings. The Morgan fingerprint density at radius 1 is 1.35 bits per heavy atom. The molecule has 3 nitrogen and oxygen atoms in total. The predicted octanol–water partition coefficient (Wildman–Crippen LogP) is 3.17. The van der Waals surface area contributed by atoms with Gasteiger partial charge in [0.25, 0.3) is 0 Å². The van der Waals surface area contributed by atoms with Crippen LogP contribution < -0.4 is 0 Å². The van der Waals surface area contributed by atoms with Crippen LogP contribution in [0.25, 0.3) is 0 Å². The van der Waals surface area contributed by atoms with E-state index < -0.39 is 12.1 Å². The summed E-state index contributed by atoms with van der Waals surface area (Å²) in [5.41, 5.74) is 0.815. The van der Waals surface area contributed by atoms with E-state index in [1.54, 1.807) is 53.8 Å². The minimum atomic E-state index is -0.643. The summed E-state index contributed by atoms with van der Waals surface area (Å²) in [6, 6.07) is 6.95. The van der Waals surface area contributed by atoms with Crippen molar-refractivity contribution in [2.24, 2.45) is 0 Å². The molecule has 0 amide bonds. The summed E-state index contributed by atoms with van der Waals surface area (Å²) in [7, 11) is 0. The molecule has 5 heteroatoms. The Morgan fingerprint density at radius 2 is 1.94 bits per heavy atom. The molecule has 0 bridgehead atoms. The molecule has 1 atom stereocenters. The first kappa shape index (κ1) is 14.4. The fourth-order valence-electron chi connectivity index (χ4n) is 1.26. The fraction of sp³-hybridized carbons (Fsp3) is 0.333. The number of halogens is 2. The van der Waals surface area contributed by atoms with Gasteiger partial charge < -0.3 is 4.74 Å². The van der Waals surface area contributed by atoms with Crippen molar-refractivity contribution in [1.82, 2.24) is 0 Å². The summed E-state index contributed by atoms with van der Waals surface area (Å²) in [4.78, 5) is 22.7. The lowest BCUT2D eigenvalue weighted by molar-refractivity contribution is -0.151. The SMILES string of the molecule is CCC(OC(=O)Cc1ccc(Cl)cc1)C(=O)I. The molecule has 1 aromatic carbocycles. The van der Waals surface area contributed by atoms with Gasteiger partial charge in [-0.2, -0.15) is 0 Å². The van der Waals surface area contributed by atoms with Gasteiger partial charge in [0.05, 0.1) is 6.42 Å².